The number of rotatable bonds is 9. The highest BCUT2D eigenvalue weighted by molar-refractivity contribution is 7.09. The second kappa shape index (κ2) is 12.0. The summed E-state index contributed by atoms with van der Waals surface area (Å²) in [6.45, 7) is 15.7. The lowest BCUT2D eigenvalue weighted by atomic mass is 10.1. The van der Waals surface area contributed by atoms with Gasteiger partial charge in [-0.15, -0.1) is 11.3 Å². The highest BCUT2D eigenvalue weighted by Crippen LogP contribution is 2.11. The monoisotopic (exact) mass is 428 g/mol. The van der Waals surface area contributed by atoms with Crippen molar-refractivity contribution in [2.45, 2.75) is 40.3 Å². The number of nitrogens with one attached hydrogen (secondary N) is 2. The average Bonchev–Trinajstić information content (AvgIpc) is 3.18. The van der Waals surface area contributed by atoms with E-state index in [2.05, 4.69) is 68.9 Å². The predicted molar refractivity (Wildman–Crippen MR) is 127 cm³/mol. The van der Waals surface area contributed by atoms with Gasteiger partial charge in [0.25, 0.3) is 0 Å². The SMILES string of the molecule is CCNC(=NCc1ccc(CN2CCN(CC)CC2)cc1)NCCc1csc(C)n1. The van der Waals surface area contributed by atoms with Crippen LogP contribution in [0.4, 0.5) is 0 Å². The number of likely N-dealkylation sites (N-methyl/N-ethyl adjacent to an activating group) is 1. The van der Waals surface area contributed by atoms with Crippen molar-refractivity contribution in [2.24, 2.45) is 4.99 Å². The first kappa shape index (κ1) is 22.7. The third-order valence-corrected chi connectivity index (χ3v) is 6.27. The molecule has 1 saturated heterocycles. The second-order valence-corrected chi connectivity index (χ2v) is 8.82. The zero-order valence-electron chi connectivity index (χ0n) is 18.7. The predicted octanol–water partition coefficient (Wildman–Crippen LogP) is 2.89. The summed E-state index contributed by atoms with van der Waals surface area (Å²) in [5.41, 5.74) is 3.77. The number of aliphatic imine (C=N–C) groups is 1. The second-order valence-electron chi connectivity index (χ2n) is 7.76. The molecule has 0 radical (unpaired) electrons. The maximum Gasteiger partial charge on any atom is 0.191 e. The van der Waals surface area contributed by atoms with Gasteiger partial charge in [0.2, 0.25) is 0 Å². The van der Waals surface area contributed by atoms with Gasteiger partial charge in [-0.2, -0.15) is 0 Å². The number of guanidine groups is 1. The molecule has 1 aromatic carbocycles. The molecule has 2 N–H and O–H groups in total. The summed E-state index contributed by atoms with van der Waals surface area (Å²) < 4.78 is 0. The third-order valence-electron chi connectivity index (χ3n) is 5.45. The first-order valence-corrected chi connectivity index (χ1v) is 12.0. The zero-order valence-corrected chi connectivity index (χ0v) is 19.5. The normalized spacial score (nSPS) is 16.0. The topological polar surface area (TPSA) is 55.8 Å². The summed E-state index contributed by atoms with van der Waals surface area (Å²) in [5.74, 6) is 0.863. The molecule has 3 rings (SSSR count). The van der Waals surface area contributed by atoms with Crippen LogP contribution in [0, 0.1) is 6.92 Å². The van der Waals surface area contributed by atoms with Crippen molar-refractivity contribution in [1.29, 1.82) is 0 Å². The quantitative estimate of drug-likeness (QED) is 0.475. The van der Waals surface area contributed by atoms with E-state index < -0.39 is 0 Å². The van der Waals surface area contributed by atoms with Crippen LogP contribution in [0.15, 0.2) is 34.6 Å². The van der Waals surface area contributed by atoms with E-state index in [-0.39, 0.29) is 0 Å². The van der Waals surface area contributed by atoms with Gasteiger partial charge in [0.15, 0.2) is 5.96 Å². The van der Waals surface area contributed by atoms with Crippen LogP contribution in [0.1, 0.15) is 35.7 Å². The van der Waals surface area contributed by atoms with Gasteiger partial charge in [0.05, 0.1) is 17.2 Å². The number of hydrogen-bond acceptors (Lipinski definition) is 5. The lowest BCUT2D eigenvalue weighted by Gasteiger charge is -2.34. The van der Waals surface area contributed by atoms with Gasteiger partial charge in [-0.3, -0.25) is 4.90 Å². The Labute approximate surface area is 185 Å². The number of aromatic nitrogens is 1. The smallest absolute Gasteiger partial charge is 0.191 e. The molecule has 164 valence electrons. The summed E-state index contributed by atoms with van der Waals surface area (Å²) in [5, 5.41) is 10.00. The number of benzene rings is 1. The molecule has 0 spiro atoms. The molecular formula is C23H36N6S. The lowest BCUT2D eigenvalue weighted by Crippen LogP contribution is -2.45. The summed E-state index contributed by atoms with van der Waals surface area (Å²) in [6.07, 6.45) is 0.913. The van der Waals surface area contributed by atoms with E-state index in [1.54, 1.807) is 11.3 Å². The van der Waals surface area contributed by atoms with E-state index in [1.165, 1.54) is 24.2 Å². The summed E-state index contributed by atoms with van der Waals surface area (Å²) in [6, 6.07) is 8.93. The van der Waals surface area contributed by atoms with Crippen molar-refractivity contribution in [1.82, 2.24) is 25.4 Å². The molecule has 6 nitrogen and oxygen atoms in total. The summed E-state index contributed by atoms with van der Waals surface area (Å²) in [7, 11) is 0. The van der Waals surface area contributed by atoms with Crippen molar-refractivity contribution in [3.8, 4) is 0 Å². The van der Waals surface area contributed by atoms with Gasteiger partial charge < -0.3 is 15.5 Å². The number of piperazine rings is 1. The Kier molecular flexibility index (Phi) is 9.11. The fourth-order valence-corrected chi connectivity index (χ4v) is 4.26. The van der Waals surface area contributed by atoms with Crippen LogP contribution in [0.3, 0.4) is 0 Å². The van der Waals surface area contributed by atoms with Crippen LogP contribution in [-0.4, -0.2) is 66.6 Å². The van der Waals surface area contributed by atoms with E-state index in [1.807, 2.05) is 6.92 Å². The summed E-state index contributed by atoms with van der Waals surface area (Å²) >= 11 is 1.70. The Morgan fingerprint density at radius 1 is 1.03 bits per heavy atom. The van der Waals surface area contributed by atoms with E-state index in [9.17, 15) is 0 Å². The third kappa shape index (κ3) is 7.38. The fourth-order valence-electron chi connectivity index (χ4n) is 3.62. The Morgan fingerprint density at radius 2 is 1.73 bits per heavy atom. The van der Waals surface area contributed by atoms with E-state index in [0.29, 0.717) is 6.54 Å². The molecule has 30 heavy (non-hydrogen) atoms. The molecule has 7 heteroatoms. The van der Waals surface area contributed by atoms with Crippen LogP contribution in [0.5, 0.6) is 0 Å². The van der Waals surface area contributed by atoms with Gasteiger partial charge in [-0.25, -0.2) is 9.98 Å². The average molecular weight is 429 g/mol. The van der Waals surface area contributed by atoms with Gasteiger partial charge >= 0.3 is 0 Å². The largest absolute Gasteiger partial charge is 0.357 e. The fraction of sp³-hybridized carbons (Fsp3) is 0.565. The van der Waals surface area contributed by atoms with Gasteiger partial charge in [0.1, 0.15) is 0 Å². The maximum atomic E-state index is 4.74. The Balaban J connectivity index is 1.45. The maximum absolute atomic E-state index is 4.74. The molecule has 0 aliphatic carbocycles. The summed E-state index contributed by atoms with van der Waals surface area (Å²) in [4.78, 5) is 14.3. The van der Waals surface area contributed by atoms with Crippen molar-refractivity contribution in [3.05, 3.63) is 51.5 Å². The van der Waals surface area contributed by atoms with Crippen molar-refractivity contribution in [2.75, 3.05) is 45.8 Å². The van der Waals surface area contributed by atoms with Crippen LogP contribution >= 0.6 is 11.3 Å². The van der Waals surface area contributed by atoms with Crippen LogP contribution in [-0.2, 0) is 19.5 Å². The van der Waals surface area contributed by atoms with E-state index in [4.69, 9.17) is 4.99 Å². The Hall–Kier alpha value is -1.96. The number of thiazole rings is 1. The van der Waals surface area contributed by atoms with E-state index in [0.717, 1.165) is 62.4 Å². The highest BCUT2D eigenvalue weighted by Gasteiger charge is 2.15. The van der Waals surface area contributed by atoms with Crippen LogP contribution < -0.4 is 10.6 Å². The number of hydrogen-bond donors (Lipinski definition) is 2. The van der Waals surface area contributed by atoms with Crippen LogP contribution in [0.25, 0.3) is 0 Å². The molecule has 0 amide bonds. The number of nitrogens with zero attached hydrogens (tertiary/aromatic N) is 4. The molecule has 0 unspecified atom stereocenters. The molecule has 1 aliphatic heterocycles. The van der Waals surface area contributed by atoms with Crippen molar-refractivity contribution in [3.63, 3.8) is 0 Å². The van der Waals surface area contributed by atoms with Gasteiger partial charge in [-0.05, 0) is 31.5 Å². The lowest BCUT2D eigenvalue weighted by molar-refractivity contribution is 0.132. The standard InChI is InChI=1S/C23H36N6S/c1-4-24-23(25-11-10-22-18-30-19(3)27-22)26-16-20-6-8-21(9-7-20)17-29-14-12-28(5-2)13-15-29/h6-9,18H,4-5,10-17H2,1-3H3,(H2,24,25,26). The first-order chi connectivity index (χ1) is 14.7. The Bertz CT molecular complexity index is 777. The first-order valence-electron chi connectivity index (χ1n) is 11.1. The van der Waals surface area contributed by atoms with Gasteiger partial charge in [-0.1, -0.05) is 31.2 Å². The highest BCUT2D eigenvalue weighted by atomic mass is 32.1. The molecule has 0 bridgehead atoms. The molecule has 2 aromatic rings. The minimum Gasteiger partial charge on any atom is -0.357 e. The zero-order chi connectivity index (χ0) is 21.2. The van der Waals surface area contributed by atoms with Crippen LogP contribution in [0.2, 0.25) is 0 Å². The number of aryl methyl sites for hydroxylation is 1. The van der Waals surface area contributed by atoms with Crippen molar-refractivity contribution >= 4 is 17.3 Å². The Morgan fingerprint density at radius 3 is 2.37 bits per heavy atom. The minimum atomic E-state index is 0.681. The van der Waals surface area contributed by atoms with Crippen molar-refractivity contribution < 1.29 is 0 Å². The molecule has 0 saturated carbocycles. The van der Waals surface area contributed by atoms with Gasteiger partial charge in [0, 0.05) is 57.6 Å². The molecular weight excluding hydrogens is 392 g/mol. The molecule has 1 aromatic heterocycles. The molecule has 1 fully saturated rings. The molecule has 0 atom stereocenters. The molecule has 1 aliphatic rings. The minimum absolute atomic E-state index is 0.681. The molecule has 2 heterocycles. The van der Waals surface area contributed by atoms with E-state index >= 15 is 0 Å².